The lowest BCUT2D eigenvalue weighted by molar-refractivity contribution is -0.227. The normalized spacial score (nSPS) is 24.7. The first-order valence-corrected chi connectivity index (χ1v) is 14.8. The monoisotopic (exact) mass is 642 g/mol. The summed E-state index contributed by atoms with van der Waals surface area (Å²) < 4.78 is 11.9. The van der Waals surface area contributed by atoms with E-state index in [0.29, 0.717) is 18.4 Å². The van der Waals surface area contributed by atoms with Crippen LogP contribution in [0.3, 0.4) is 0 Å². The maximum absolute atomic E-state index is 13.7. The van der Waals surface area contributed by atoms with E-state index in [0.717, 1.165) is 18.6 Å². The summed E-state index contributed by atoms with van der Waals surface area (Å²) in [4.78, 5) is 38.8. The number of carbonyl (C=O) groups is 3. The Kier molecular flexibility index (Phi) is 10.9. The summed E-state index contributed by atoms with van der Waals surface area (Å²) in [7, 11) is 0. The van der Waals surface area contributed by atoms with Crippen LogP contribution < -0.4 is 0 Å². The Hall–Kier alpha value is -4.27. The minimum Gasteiger partial charge on any atom is -0.504 e. The molecule has 0 amide bonds. The van der Waals surface area contributed by atoms with Crippen LogP contribution in [0.5, 0.6) is 23.0 Å². The topological polar surface area (TPSA) is 232 Å². The standard InChI is InChI=1S/C33H38O13/c34-17-21-14-26(39)25(38)13-20(21)6-9-29(41)32(10-2-1-3-11-32)46-28-16-33(31(43)44,15-27(40)30(28)42)45-18-22(35)7-4-19-5-8-23(36)24(37)12-19/h4-9,12-14,27-28,30,34,36-40,42H,1-3,10-11,15-18H2,(H,43,44). The molecule has 4 unspecified atom stereocenters. The minimum atomic E-state index is -2.14. The quantitative estimate of drug-likeness (QED) is 0.123. The summed E-state index contributed by atoms with van der Waals surface area (Å²) >= 11 is 0. The number of aliphatic carboxylic acids is 1. The molecule has 4 atom stereocenters. The first-order chi connectivity index (χ1) is 21.8. The van der Waals surface area contributed by atoms with Crippen molar-refractivity contribution in [3.05, 3.63) is 59.2 Å². The van der Waals surface area contributed by atoms with Gasteiger partial charge in [-0.15, -0.1) is 0 Å². The maximum atomic E-state index is 13.7. The number of aromatic hydroxyl groups is 4. The molecule has 2 aromatic rings. The van der Waals surface area contributed by atoms with E-state index in [2.05, 4.69) is 0 Å². The van der Waals surface area contributed by atoms with Crippen molar-refractivity contribution < 1.29 is 64.7 Å². The second-order valence-electron chi connectivity index (χ2n) is 11.7. The largest absolute Gasteiger partial charge is 0.504 e. The minimum absolute atomic E-state index is 0.236. The summed E-state index contributed by atoms with van der Waals surface area (Å²) in [6.07, 6.45) is 1.83. The summed E-state index contributed by atoms with van der Waals surface area (Å²) in [5.74, 6) is -4.28. The van der Waals surface area contributed by atoms with Gasteiger partial charge in [-0.25, -0.2) is 4.79 Å². The molecule has 2 aliphatic rings. The smallest absolute Gasteiger partial charge is 0.336 e. The average molecular weight is 643 g/mol. The van der Waals surface area contributed by atoms with E-state index in [1.165, 1.54) is 42.5 Å². The van der Waals surface area contributed by atoms with Crippen LogP contribution in [0.1, 0.15) is 61.6 Å². The van der Waals surface area contributed by atoms with Crippen molar-refractivity contribution in [1.82, 2.24) is 0 Å². The van der Waals surface area contributed by atoms with Crippen LogP contribution >= 0.6 is 0 Å². The predicted octanol–water partition coefficient (Wildman–Crippen LogP) is 2.31. The number of aliphatic hydroxyl groups is 3. The summed E-state index contributed by atoms with van der Waals surface area (Å²) in [5, 5.41) is 80.2. The first kappa shape index (κ1) is 34.6. The van der Waals surface area contributed by atoms with Crippen molar-refractivity contribution in [1.29, 1.82) is 0 Å². The van der Waals surface area contributed by atoms with Gasteiger partial charge in [0.05, 0.1) is 18.8 Å². The van der Waals surface area contributed by atoms with Crippen LogP contribution in [0.15, 0.2) is 42.5 Å². The van der Waals surface area contributed by atoms with E-state index < -0.39 is 90.4 Å². The molecule has 2 aliphatic carbocycles. The van der Waals surface area contributed by atoms with Gasteiger partial charge >= 0.3 is 5.97 Å². The Balaban J connectivity index is 1.53. The molecule has 248 valence electrons. The number of ketones is 2. The zero-order valence-corrected chi connectivity index (χ0v) is 24.9. The summed E-state index contributed by atoms with van der Waals surface area (Å²) in [5.41, 5.74) is -2.73. The number of benzene rings is 2. The highest BCUT2D eigenvalue weighted by atomic mass is 16.6. The highest BCUT2D eigenvalue weighted by Crippen LogP contribution is 2.41. The lowest BCUT2D eigenvalue weighted by atomic mass is 9.77. The van der Waals surface area contributed by atoms with E-state index in [4.69, 9.17) is 9.47 Å². The van der Waals surface area contributed by atoms with Crippen LogP contribution in [0.2, 0.25) is 0 Å². The van der Waals surface area contributed by atoms with E-state index >= 15 is 0 Å². The number of aliphatic hydroxyl groups excluding tert-OH is 3. The van der Waals surface area contributed by atoms with E-state index in [1.807, 2.05) is 0 Å². The molecular weight excluding hydrogens is 604 g/mol. The lowest BCUT2D eigenvalue weighted by Crippen LogP contribution is -2.60. The molecule has 2 saturated carbocycles. The molecule has 2 fully saturated rings. The molecule has 8 N–H and O–H groups in total. The second kappa shape index (κ2) is 14.4. The van der Waals surface area contributed by atoms with Gasteiger partial charge < -0.3 is 50.3 Å². The molecule has 0 radical (unpaired) electrons. The molecule has 2 aromatic carbocycles. The van der Waals surface area contributed by atoms with Crippen LogP contribution in [-0.2, 0) is 30.5 Å². The number of ether oxygens (including phenoxy) is 2. The van der Waals surface area contributed by atoms with E-state index in [9.17, 15) is 55.2 Å². The predicted molar refractivity (Wildman–Crippen MR) is 162 cm³/mol. The fourth-order valence-electron chi connectivity index (χ4n) is 5.87. The highest BCUT2D eigenvalue weighted by molar-refractivity contribution is 6.00. The van der Waals surface area contributed by atoms with Crippen LogP contribution in [0.25, 0.3) is 12.2 Å². The lowest BCUT2D eigenvalue weighted by Gasteiger charge is -2.46. The van der Waals surface area contributed by atoms with Crippen molar-refractivity contribution in [2.24, 2.45) is 0 Å². The number of hydrogen-bond donors (Lipinski definition) is 8. The molecule has 46 heavy (non-hydrogen) atoms. The molecular formula is C33H38O13. The maximum Gasteiger partial charge on any atom is 0.336 e. The zero-order valence-electron chi connectivity index (χ0n) is 24.9. The summed E-state index contributed by atoms with van der Waals surface area (Å²) in [6, 6.07) is 6.24. The van der Waals surface area contributed by atoms with Gasteiger partial charge in [-0.3, -0.25) is 9.59 Å². The van der Waals surface area contributed by atoms with Gasteiger partial charge in [-0.2, -0.15) is 0 Å². The van der Waals surface area contributed by atoms with Gasteiger partial charge in [0.2, 0.25) is 0 Å². The number of carboxylic acid groups (broad SMARTS) is 1. The third kappa shape index (κ3) is 7.74. The molecule has 0 saturated heterocycles. The number of carboxylic acids is 1. The Morgan fingerprint density at radius 2 is 1.50 bits per heavy atom. The molecule has 0 heterocycles. The fraction of sp³-hybridized carbons (Fsp3) is 0.424. The second-order valence-corrected chi connectivity index (χ2v) is 11.7. The zero-order chi connectivity index (χ0) is 33.6. The Bertz CT molecular complexity index is 1510. The average Bonchev–Trinajstić information content (AvgIpc) is 3.03. The van der Waals surface area contributed by atoms with Crippen LogP contribution in [-0.4, -0.2) is 94.5 Å². The number of hydrogen-bond acceptors (Lipinski definition) is 12. The van der Waals surface area contributed by atoms with E-state index in [1.54, 1.807) is 0 Å². The van der Waals surface area contributed by atoms with Gasteiger partial charge in [-0.05, 0) is 65.9 Å². The molecule has 13 heteroatoms. The SMILES string of the molecule is O=C(C=Cc1ccc(O)c(O)c1)COC1(C(=O)O)CC(O)C(O)C(OC2(C(=O)C=Cc3cc(O)c(O)cc3CO)CCCCC2)C1. The molecule has 0 aliphatic heterocycles. The number of carbonyl (C=O) groups excluding carboxylic acids is 2. The Morgan fingerprint density at radius 3 is 2.15 bits per heavy atom. The molecule has 13 nitrogen and oxygen atoms in total. The van der Waals surface area contributed by atoms with Crippen LogP contribution in [0, 0.1) is 0 Å². The van der Waals surface area contributed by atoms with Gasteiger partial charge in [-0.1, -0.05) is 37.5 Å². The Labute approximate surface area is 264 Å². The number of rotatable bonds is 12. The number of phenolic OH excluding ortho intramolecular Hbond substituents is 4. The van der Waals surface area contributed by atoms with Crippen molar-refractivity contribution >= 4 is 29.7 Å². The molecule has 4 rings (SSSR count). The van der Waals surface area contributed by atoms with Crippen molar-refractivity contribution in [2.75, 3.05) is 6.61 Å². The van der Waals surface area contributed by atoms with Crippen molar-refractivity contribution in [3.8, 4) is 23.0 Å². The van der Waals surface area contributed by atoms with E-state index in [-0.39, 0.29) is 29.7 Å². The van der Waals surface area contributed by atoms with Crippen LogP contribution in [0.4, 0.5) is 0 Å². The van der Waals surface area contributed by atoms with Gasteiger partial charge in [0.25, 0.3) is 0 Å². The molecule has 0 bridgehead atoms. The van der Waals surface area contributed by atoms with Gasteiger partial charge in [0, 0.05) is 12.8 Å². The highest BCUT2D eigenvalue weighted by Gasteiger charge is 2.54. The summed E-state index contributed by atoms with van der Waals surface area (Å²) in [6.45, 7) is -1.19. The van der Waals surface area contributed by atoms with Gasteiger partial charge in [0.1, 0.15) is 18.3 Å². The fourth-order valence-corrected chi connectivity index (χ4v) is 5.87. The van der Waals surface area contributed by atoms with Crippen molar-refractivity contribution in [2.45, 2.75) is 81.1 Å². The third-order valence-corrected chi connectivity index (χ3v) is 8.49. The third-order valence-electron chi connectivity index (χ3n) is 8.49. The molecule has 0 aromatic heterocycles. The van der Waals surface area contributed by atoms with Gasteiger partial charge in [0.15, 0.2) is 40.2 Å². The van der Waals surface area contributed by atoms with Crippen molar-refractivity contribution in [3.63, 3.8) is 0 Å². The molecule has 0 spiro atoms. The first-order valence-electron chi connectivity index (χ1n) is 14.8. The number of phenols is 4. The Morgan fingerprint density at radius 1 is 0.826 bits per heavy atom.